The molecule has 1 unspecified atom stereocenters. The third-order valence-corrected chi connectivity index (χ3v) is 4.28. The molecule has 15 heavy (non-hydrogen) atoms. The van der Waals surface area contributed by atoms with Crippen LogP contribution in [0.2, 0.25) is 0 Å². The van der Waals surface area contributed by atoms with Crippen molar-refractivity contribution in [3.8, 4) is 0 Å². The van der Waals surface area contributed by atoms with Crippen molar-refractivity contribution in [3.63, 3.8) is 0 Å². The quantitative estimate of drug-likeness (QED) is 0.626. The number of hydrogen-bond donors (Lipinski definition) is 2. The van der Waals surface area contributed by atoms with Gasteiger partial charge in [-0.05, 0) is 12.8 Å². The summed E-state index contributed by atoms with van der Waals surface area (Å²) >= 11 is 0. The average Bonchev–Trinajstić information content (AvgIpc) is 3.01. The standard InChI is InChI=1S/C8H14N2O4S/c11-8(7-5-14-4-3-9-7)10-15(12,13)6-1-2-6/h6-7,9H,1-5H2,(H,10,11). The molecule has 2 aliphatic rings. The minimum Gasteiger partial charge on any atom is -0.378 e. The van der Waals surface area contributed by atoms with Gasteiger partial charge in [-0.3, -0.25) is 9.52 Å². The number of amides is 1. The van der Waals surface area contributed by atoms with E-state index in [1.165, 1.54) is 0 Å². The lowest BCUT2D eigenvalue weighted by molar-refractivity contribution is -0.124. The van der Waals surface area contributed by atoms with Gasteiger partial charge in [-0.1, -0.05) is 0 Å². The summed E-state index contributed by atoms with van der Waals surface area (Å²) in [7, 11) is -3.43. The predicted molar refractivity (Wildman–Crippen MR) is 52.7 cm³/mol. The number of nitrogens with one attached hydrogen (secondary N) is 2. The number of rotatable bonds is 3. The molecule has 1 heterocycles. The number of carbonyl (C=O) groups excluding carboxylic acids is 1. The molecule has 86 valence electrons. The van der Waals surface area contributed by atoms with Crippen LogP contribution in [0.4, 0.5) is 0 Å². The lowest BCUT2D eigenvalue weighted by atomic mass is 10.3. The Morgan fingerprint density at radius 3 is 2.67 bits per heavy atom. The summed E-state index contributed by atoms with van der Waals surface area (Å²) in [4.78, 5) is 11.5. The Morgan fingerprint density at radius 1 is 1.40 bits per heavy atom. The molecule has 1 atom stereocenters. The lowest BCUT2D eigenvalue weighted by Crippen LogP contribution is -2.52. The Labute approximate surface area is 88.4 Å². The van der Waals surface area contributed by atoms with Gasteiger partial charge >= 0.3 is 0 Å². The summed E-state index contributed by atoms with van der Waals surface area (Å²) in [5, 5.41) is 2.53. The molecule has 0 spiro atoms. The molecule has 2 N–H and O–H groups in total. The van der Waals surface area contributed by atoms with Gasteiger partial charge in [-0.15, -0.1) is 0 Å². The average molecular weight is 234 g/mol. The number of hydrogen-bond acceptors (Lipinski definition) is 5. The molecular weight excluding hydrogens is 220 g/mol. The summed E-state index contributed by atoms with van der Waals surface area (Å²) in [6.45, 7) is 1.35. The molecule has 0 radical (unpaired) electrons. The van der Waals surface area contributed by atoms with Crippen LogP contribution < -0.4 is 10.0 Å². The maximum atomic E-state index is 11.5. The van der Waals surface area contributed by atoms with Crippen molar-refractivity contribution < 1.29 is 17.9 Å². The van der Waals surface area contributed by atoms with Gasteiger partial charge < -0.3 is 10.1 Å². The van der Waals surface area contributed by atoms with E-state index >= 15 is 0 Å². The molecule has 1 saturated carbocycles. The molecule has 0 aromatic heterocycles. The molecule has 1 aliphatic heterocycles. The van der Waals surface area contributed by atoms with E-state index in [1.807, 2.05) is 0 Å². The SMILES string of the molecule is O=C(NS(=O)(=O)C1CC1)C1COCCN1. The fourth-order valence-corrected chi connectivity index (χ4v) is 2.75. The van der Waals surface area contributed by atoms with E-state index in [-0.39, 0.29) is 11.9 Å². The van der Waals surface area contributed by atoms with E-state index in [0.717, 1.165) is 0 Å². The Kier molecular flexibility index (Phi) is 2.94. The zero-order valence-electron chi connectivity index (χ0n) is 8.23. The topological polar surface area (TPSA) is 84.5 Å². The van der Waals surface area contributed by atoms with Crippen LogP contribution in [0.15, 0.2) is 0 Å². The third-order valence-electron chi connectivity index (χ3n) is 2.44. The van der Waals surface area contributed by atoms with E-state index < -0.39 is 22.0 Å². The molecule has 0 bridgehead atoms. The maximum Gasteiger partial charge on any atom is 0.252 e. The van der Waals surface area contributed by atoms with Gasteiger partial charge in [0, 0.05) is 6.54 Å². The molecule has 2 rings (SSSR count). The molecule has 6 nitrogen and oxygen atoms in total. The van der Waals surface area contributed by atoms with Gasteiger partial charge in [0.25, 0.3) is 5.91 Å². The molecule has 1 saturated heterocycles. The Balaban J connectivity index is 1.90. The van der Waals surface area contributed by atoms with Crippen molar-refractivity contribution in [2.45, 2.75) is 24.1 Å². The maximum absolute atomic E-state index is 11.5. The van der Waals surface area contributed by atoms with Crippen molar-refractivity contribution in [1.82, 2.24) is 10.0 Å². The van der Waals surface area contributed by atoms with Gasteiger partial charge in [0.2, 0.25) is 10.0 Å². The molecule has 2 fully saturated rings. The van der Waals surface area contributed by atoms with Gasteiger partial charge in [0.15, 0.2) is 0 Å². The molecule has 0 aromatic carbocycles. The van der Waals surface area contributed by atoms with Crippen LogP contribution in [0.3, 0.4) is 0 Å². The number of carbonyl (C=O) groups is 1. The minimum absolute atomic E-state index is 0.228. The molecule has 0 aromatic rings. The predicted octanol–water partition coefficient (Wildman–Crippen LogP) is -1.42. The smallest absolute Gasteiger partial charge is 0.252 e. The van der Waals surface area contributed by atoms with Crippen molar-refractivity contribution in [2.24, 2.45) is 0 Å². The number of sulfonamides is 1. The van der Waals surface area contributed by atoms with Crippen molar-refractivity contribution in [1.29, 1.82) is 0 Å². The first-order chi connectivity index (χ1) is 7.09. The van der Waals surface area contributed by atoms with E-state index in [2.05, 4.69) is 10.0 Å². The van der Waals surface area contributed by atoms with Crippen molar-refractivity contribution >= 4 is 15.9 Å². The highest BCUT2D eigenvalue weighted by atomic mass is 32.2. The second kappa shape index (κ2) is 4.07. The fourth-order valence-electron chi connectivity index (χ4n) is 1.41. The third kappa shape index (κ3) is 2.67. The molecule has 1 aliphatic carbocycles. The second-order valence-electron chi connectivity index (χ2n) is 3.79. The first-order valence-corrected chi connectivity index (χ1v) is 6.51. The highest BCUT2D eigenvalue weighted by Crippen LogP contribution is 2.27. The first kappa shape index (κ1) is 10.8. The summed E-state index contributed by atoms with van der Waals surface area (Å²) in [6, 6.07) is -0.549. The van der Waals surface area contributed by atoms with E-state index in [4.69, 9.17) is 4.74 Å². The Bertz CT molecular complexity index is 344. The van der Waals surface area contributed by atoms with Crippen LogP contribution in [0.1, 0.15) is 12.8 Å². The zero-order valence-corrected chi connectivity index (χ0v) is 9.05. The van der Waals surface area contributed by atoms with Crippen LogP contribution in [0.25, 0.3) is 0 Å². The monoisotopic (exact) mass is 234 g/mol. The number of ether oxygens (including phenoxy) is 1. The molecule has 1 amide bonds. The van der Waals surface area contributed by atoms with Crippen LogP contribution >= 0.6 is 0 Å². The van der Waals surface area contributed by atoms with Crippen molar-refractivity contribution in [2.75, 3.05) is 19.8 Å². The number of morpholine rings is 1. The lowest BCUT2D eigenvalue weighted by Gasteiger charge is -2.22. The second-order valence-corrected chi connectivity index (χ2v) is 5.75. The van der Waals surface area contributed by atoms with Crippen LogP contribution in [0, 0.1) is 0 Å². The van der Waals surface area contributed by atoms with Crippen LogP contribution in [0.5, 0.6) is 0 Å². The van der Waals surface area contributed by atoms with Gasteiger partial charge in [0.05, 0.1) is 18.5 Å². The highest BCUT2D eigenvalue weighted by molar-refractivity contribution is 7.90. The summed E-state index contributed by atoms with van der Waals surface area (Å²) in [5.74, 6) is -0.512. The zero-order chi connectivity index (χ0) is 10.9. The summed E-state index contributed by atoms with van der Waals surface area (Å²) in [6.07, 6.45) is 1.30. The highest BCUT2D eigenvalue weighted by Gasteiger charge is 2.38. The largest absolute Gasteiger partial charge is 0.378 e. The Hall–Kier alpha value is -0.660. The van der Waals surface area contributed by atoms with E-state index in [0.29, 0.717) is 26.0 Å². The summed E-state index contributed by atoms with van der Waals surface area (Å²) in [5.41, 5.74) is 0. The van der Waals surface area contributed by atoms with Gasteiger partial charge in [0.1, 0.15) is 6.04 Å². The van der Waals surface area contributed by atoms with E-state index in [9.17, 15) is 13.2 Å². The van der Waals surface area contributed by atoms with Crippen LogP contribution in [-0.2, 0) is 19.6 Å². The molecular formula is C8H14N2O4S. The normalized spacial score (nSPS) is 27.3. The Morgan fingerprint density at radius 2 is 2.13 bits per heavy atom. The van der Waals surface area contributed by atoms with E-state index in [1.54, 1.807) is 0 Å². The van der Waals surface area contributed by atoms with Gasteiger partial charge in [-0.25, -0.2) is 8.42 Å². The first-order valence-electron chi connectivity index (χ1n) is 4.96. The van der Waals surface area contributed by atoms with Crippen LogP contribution in [-0.4, -0.2) is 45.4 Å². The minimum atomic E-state index is -3.43. The van der Waals surface area contributed by atoms with Gasteiger partial charge in [-0.2, -0.15) is 0 Å². The van der Waals surface area contributed by atoms with Crippen molar-refractivity contribution in [3.05, 3.63) is 0 Å². The summed E-state index contributed by atoms with van der Waals surface area (Å²) < 4.78 is 30.0. The molecule has 7 heteroatoms. The fraction of sp³-hybridized carbons (Fsp3) is 0.875.